The number of H-pyrrole nitrogens is 1. The number of hydrogen-bond acceptors (Lipinski definition) is 6. The van der Waals surface area contributed by atoms with Gasteiger partial charge < -0.3 is 15.4 Å². The molecule has 2 aromatic heterocycles. The third-order valence-electron chi connectivity index (χ3n) is 4.13. The lowest BCUT2D eigenvalue weighted by atomic mass is 10.2. The van der Waals surface area contributed by atoms with Gasteiger partial charge in [0.2, 0.25) is 5.91 Å². The Morgan fingerprint density at radius 3 is 2.43 bits per heavy atom. The number of nitrogens with one attached hydrogen (secondary N) is 2. The van der Waals surface area contributed by atoms with Gasteiger partial charge in [0.1, 0.15) is 0 Å². The Hall–Kier alpha value is -3.34. The Morgan fingerprint density at radius 2 is 1.82 bits per heavy atom. The highest BCUT2D eigenvalue weighted by molar-refractivity contribution is 8.00. The molecule has 0 saturated carbocycles. The largest absolute Gasteiger partial charge is 0.478 e. The molecule has 0 saturated heterocycles. The van der Waals surface area contributed by atoms with Gasteiger partial charge in [0, 0.05) is 19.8 Å². The van der Waals surface area contributed by atoms with E-state index in [0.717, 1.165) is 16.3 Å². The summed E-state index contributed by atoms with van der Waals surface area (Å²) < 4.78 is 2.23. The zero-order chi connectivity index (χ0) is 20.6. The topological polar surface area (TPSA) is 139 Å². The third kappa shape index (κ3) is 3.56. The lowest BCUT2D eigenvalue weighted by Gasteiger charge is -2.10. The number of thioether (sulfide) groups is 1. The van der Waals surface area contributed by atoms with E-state index < -0.39 is 22.5 Å². The van der Waals surface area contributed by atoms with E-state index in [0.29, 0.717) is 10.8 Å². The molecule has 1 aromatic carbocycles. The summed E-state index contributed by atoms with van der Waals surface area (Å²) in [5.41, 5.74) is -0.00104. The lowest BCUT2D eigenvalue weighted by molar-refractivity contribution is -0.115. The Kier molecular flexibility index (Phi) is 5.10. The van der Waals surface area contributed by atoms with Crippen molar-refractivity contribution in [3.05, 3.63) is 50.7 Å². The number of carboxylic acid groups (broad SMARTS) is 1. The van der Waals surface area contributed by atoms with Crippen LogP contribution >= 0.6 is 11.8 Å². The molecular weight excluding hydrogens is 386 g/mol. The van der Waals surface area contributed by atoms with E-state index in [1.165, 1.54) is 42.9 Å². The minimum absolute atomic E-state index is 0.120. The average molecular weight is 403 g/mol. The van der Waals surface area contributed by atoms with Crippen molar-refractivity contribution in [2.45, 2.75) is 17.3 Å². The van der Waals surface area contributed by atoms with Gasteiger partial charge in [-0.3, -0.25) is 18.7 Å². The summed E-state index contributed by atoms with van der Waals surface area (Å²) in [6.07, 6.45) is 0. The lowest BCUT2D eigenvalue weighted by Crippen LogP contribution is -2.36. The standard InChI is InChI=1S/C17H17N5O5S/c1-8(13(23)18-10-6-4-9(5-7-10)15(25)26)28-16-19-11-12(20-16)21(2)17(27)22(3)14(11)24/h4-8H,1-3H3,(H,18,23)(H,19,20)(H,25,26). The molecule has 146 valence electrons. The number of aromatic carboxylic acids is 1. The first-order valence-corrected chi connectivity index (χ1v) is 9.03. The summed E-state index contributed by atoms with van der Waals surface area (Å²) in [7, 11) is 2.89. The molecule has 0 aliphatic carbocycles. The van der Waals surface area contributed by atoms with Gasteiger partial charge in [-0.2, -0.15) is 0 Å². The summed E-state index contributed by atoms with van der Waals surface area (Å²) in [5, 5.41) is 11.3. The zero-order valence-electron chi connectivity index (χ0n) is 15.2. The van der Waals surface area contributed by atoms with E-state index in [1.54, 1.807) is 6.92 Å². The van der Waals surface area contributed by atoms with Crippen molar-refractivity contribution in [3.8, 4) is 0 Å². The number of aromatic amines is 1. The molecule has 0 bridgehead atoms. The predicted molar refractivity (Wildman–Crippen MR) is 104 cm³/mol. The molecule has 11 heteroatoms. The molecule has 1 amide bonds. The van der Waals surface area contributed by atoms with Crippen molar-refractivity contribution < 1.29 is 14.7 Å². The third-order valence-corrected chi connectivity index (χ3v) is 5.11. The molecular formula is C17H17N5O5S. The summed E-state index contributed by atoms with van der Waals surface area (Å²) in [6.45, 7) is 1.66. The number of hydrogen-bond donors (Lipinski definition) is 3. The van der Waals surface area contributed by atoms with Crippen LogP contribution in [0.15, 0.2) is 39.0 Å². The maximum Gasteiger partial charge on any atom is 0.335 e. The Balaban J connectivity index is 1.78. The second-order valence-electron chi connectivity index (χ2n) is 6.08. The maximum atomic E-state index is 12.4. The van der Waals surface area contributed by atoms with Crippen LogP contribution < -0.4 is 16.6 Å². The summed E-state index contributed by atoms with van der Waals surface area (Å²) >= 11 is 1.10. The highest BCUT2D eigenvalue weighted by Crippen LogP contribution is 2.23. The molecule has 0 spiro atoms. The fraction of sp³-hybridized carbons (Fsp3) is 0.235. The van der Waals surface area contributed by atoms with Crippen LogP contribution in [0.4, 0.5) is 5.69 Å². The molecule has 3 rings (SSSR count). The number of imidazole rings is 1. The number of anilines is 1. The first kappa shape index (κ1) is 19.4. The highest BCUT2D eigenvalue weighted by atomic mass is 32.2. The molecule has 1 atom stereocenters. The monoisotopic (exact) mass is 403 g/mol. The molecule has 0 aliphatic rings. The van der Waals surface area contributed by atoms with E-state index in [4.69, 9.17) is 5.11 Å². The van der Waals surface area contributed by atoms with Crippen molar-refractivity contribution in [1.82, 2.24) is 19.1 Å². The van der Waals surface area contributed by atoms with Gasteiger partial charge in [0.15, 0.2) is 16.3 Å². The SMILES string of the molecule is CC(Sc1nc2c([nH]1)c(=O)n(C)c(=O)n2C)C(=O)Nc1ccc(C(=O)O)cc1. The first-order valence-electron chi connectivity index (χ1n) is 8.15. The molecule has 3 N–H and O–H groups in total. The van der Waals surface area contributed by atoms with Gasteiger partial charge in [0.25, 0.3) is 5.56 Å². The van der Waals surface area contributed by atoms with Crippen LogP contribution in [0.25, 0.3) is 11.2 Å². The van der Waals surface area contributed by atoms with Crippen LogP contribution in [0.3, 0.4) is 0 Å². The fourth-order valence-electron chi connectivity index (χ4n) is 2.52. The van der Waals surface area contributed by atoms with Gasteiger partial charge in [-0.15, -0.1) is 0 Å². The molecule has 3 aromatic rings. The summed E-state index contributed by atoms with van der Waals surface area (Å²) in [5.74, 6) is -1.37. The molecule has 1 unspecified atom stereocenters. The van der Waals surface area contributed by atoms with Gasteiger partial charge in [-0.05, 0) is 31.2 Å². The van der Waals surface area contributed by atoms with Crippen molar-refractivity contribution >= 4 is 40.5 Å². The molecule has 10 nitrogen and oxygen atoms in total. The molecule has 0 radical (unpaired) electrons. The number of carboxylic acids is 1. The van der Waals surface area contributed by atoms with Crippen molar-refractivity contribution in [2.75, 3.05) is 5.32 Å². The number of rotatable bonds is 5. The van der Waals surface area contributed by atoms with Gasteiger partial charge >= 0.3 is 11.7 Å². The zero-order valence-corrected chi connectivity index (χ0v) is 16.0. The Morgan fingerprint density at radius 1 is 1.18 bits per heavy atom. The second kappa shape index (κ2) is 7.35. The van der Waals surface area contributed by atoms with Crippen LogP contribution in [-0.4, -0.2) is 41.3 Å². The summed E-state index contributed by atoms with van der Waals surface area (Å²) in [6, 6.07) is 5.79. The van der Waals surface area contributed by atoms with E-state index in [9.17, 15) is 19.2 Å². The van der Waals surface area contributed by atoms with Crippen LogP contribution in [-0.2, 0) is 18.9 Å². The van der Waals surface area contributed by atoms with E-state index in [-0.39, 0.29) is 22.6 Å². The van der Waals surface area contributed by atoms with Crippen molar-refractivity contribution in [2.24, 2.45) is 14.1 Å². The fourth-order valence-corrected chi connectivity index (χ4v) is 3.32. The van der Waals surface area contributed by atoms with Crippen LogP contribution in [0.1, 0.15) is 17.3 Å². The minimum Gasteiger partial charge on any atom is -0.478 e. The van der Waals surface area contributed by atoms with Crippen molar-refractivity contribution in [1.29, 1.82) is 0 Å². The van der Waals surface area contributed by atoms with Crippen LogP contribution in [0.2, 0.25) is 0 Å². The normalized spacial score (nSPS) is 12.1. The number of aryl methyl sites for hydroxylation is 1. The number of nitrogens with zero attached hydrogens (tertiary/aromatic N) is 3. The summed E-state index contributed by atoms with van der Waals surface area (Å²) in [4.78, 5) is 54.5. The van der Waals surface area contributed by atoms with Gasteiger partial charge in [0.05, 0.1) is 10.8 Å². The average Bonchev–Trinajstić information content (AvgIpc) is 3.09. The molecule has 2 heterocycles. The Labute approximate surface area is 162 Å². The second-order valence-corrected chi connectivity index (χ2v) is 7.41. The number of carbonyl (C=O) groups is 2. The van der Waals surface area contributed by atoms with E-state index in [1.807, 2.05) is 0 Å². The molecule has 0 aliphatic heterocycles. The van der Waals surface area contributed by atoms with E-state index in [2.05, 4.69) is 15.3 Å². The minimum atomic E-state index is -1.05. The van der Waals surface area contributed by atoms with E-state index >= 15 is 0 Å². The number of carbonyl (C=O) groups excluding carboxylic acids is 1. The predicted octanol–water partition coefficient (Wildman–Crippen LogP) is 0.778. The quantitative estimate of drug-likeness (QED) is 0.535. The first-order chi connectivity index (χ1) is 13.2. The highest BCUT2D eigenvalue weighted by Gasteiger charge is 2.19. The smallest absolute Gasteiger partial charge is 0.335 e. The number of amides is 1. The van der Waals surface area contributed by atoms with Gasteiger partial charge in [-0.25, -0.2) is 14.6 Å². The van der Waals surface area contributed by atoms with Crippen LogP contribution in [0, 0.1) is 0 Å². The number of aromatic nitrogens is 4. The number of benzene rings is 1. The van der Waals surface area contributed by atoms with Crippen molar-refractivity contribution in [3.63, 3.8) is 0 Å². The van der Waals surface area contributed by atoms with Crippen LogP contribution in [0.5, 0.6) is 0 Å². The maximum absolute atomic E-state index is 12.4. The molecule has 28 heavy (non-hydrogen) atoms. The molecule has 0 fully saturated rings. The number of fused-ring (bicyclic) bond motifs is 1. The van der Waals surface area contributed by atoms with Gasteiger partial charge in [-0.1, -0.05) is 11.8 Å². The Bertz CT molecular complexity index is 1190.